The maximum Gasteiger partial charge on any atom is 0.251 e. The Morgan fingerprint density at radius 2 is 1.90 bits per heavy atom. The Kier molecular flexibility index (Phi) is 6.15. The third-order valence-electron chi connectivity index (χ3n) is 3.27. The lowest BCUT2D eigenvalue weighted by molar-refractivity contribution is -0.130. The van der Waals surface area contributed by atoms with E-state index in [1.165, 1.54) is 31.2 Å². The zero-order chi connectivity index (χ0) is 15.1. The summed E-state index contributed by atoms with van der Waals surface area (Å²) in [5.41, 5.74) is 0.407. The molecule has 0 aromatic heterocycles. The SMILES string of the molecule is CCC(C)N(CCNC(=O)c1ccc(F)cc1)C(C)=O. The molecule has 0 radical (unpaired) electrons. The Balaban J connectivity index is 2.48. The fourth-order valence-corrected chi connectivity index (χ4v) is 1.90. The molecule has 1 rings (SSSR count). The van der Waals surface area contributed by atoms with E-state index >= 15 is 0 Å². The first-order chi connectivity index (χ1) is 9.45. The summed E-state index contributed by atoms with van der Waals surface area (Å²) in [6.45, 7) is 6.35. The lowest BCUT2D eigenvalue weighted by atomic mass is 10.2. The van der Waals surface area contributed by atoms with Gasteiger partial charge in [0.25, 0.3) is 5.91 Å². The number of benzene rings is 1. The van der Waals surface area contributed by atoms with E-state index in [1.807, 2.05) is 13.8 Å². The number of halogens is 1. The van der Waals surface area contributed by atoms with Crippen LogP contribution in [0.5, 0.6) is 0 Å². The molecule has 0 aliphatic rings. The first kappa shape index (κ1) is 16.1. The molecule has 110 valence electrons. The fourth-order valence-electron chi connectivity index (χ4n) is 1.90. The number of nitrogens with one attached hydrogen (secondary N) is 1. The molecule has 0 heterocycles. The lowest BCUT2D eigenvalue weighted by Gasteiger charge is -2.27. The van der Waals surface area contributed by atoms with Crippen LogP contribution in [0, 0.1) is 5.82 Å². The van der Waals surface area contributed by atoms with Crippen molar-refractivity contribution in [1.82, 2.24) is 10.2 Å². The van der Waals surface area contributed by atoms with Crippen LogP contribution in [0.3, 0.4) is 0 Å². The van der Waals surface area contributed by atoms with Crippen molar-refractivity contribution in [3.05, 3.63) is 35.6 Å². The Hall–Kier alpha value is -1.91. The van der Waals surface area contributed by atoms with E-state index in [1.54, 1.807) is 4.90 Å². The average molecular weight is 280 g/mol. The summed E-state index contributed by atoms with van der Waals surface area (Å²) in [5.74, 6) is -0.644. The van der Waals surface area contributed by atoms with Crippen molar-refractivity contribution >= 4 is 11.8 Å². The molecule has 0 saturated heterocycles. The van der Waals surface area contributed by atoms with Crippen LogP contribution in [0.4, 0.5) is 4.39 Å². The minimum Gasteiger partial charge on any atom is -0.350 e. The smallest absolute Gasteiger partial charge is 0.251 e. The van der Waals surface area contributed by atoms with Gasteiger partial charge >= 0.3 is 0 Å². The number of carbonyl (C=O) groups excluding carboxylic acids is 2. The van der Waals surface area contributed by atoms with Gasteiger partial charge < -0.3 is 10.2 Å². The highest BCUT2D eigenvalue weighted by molar-refractivity contribution is 5.94. The van der Waals surface area contributed by atoms with Gasteiger partial charge in [0.15, 0.2) is 0 Å². The molecule has 2 amide bonds. The van der Waals surface area contributed by atoms with Crippen molar-refractivity contribution in [2.75, 3.05) is 13.1 Å². The van der Waals surface area contributed by atoms with Crippen LogP contribution in [-0.4, -0.2) is 35.8 Å². The number of hydrogen-bond donors (Lipinski definition) is 1. The Morgan fingerprint density at radius 1 is 1.30 bits per heavy atom. The molecule has 5 heteroatoms. The van der Waals surface area contributed by atoms with E-state index in [-0.39, 0.29) is 23.7 Å². The van der Waals surface area contributed by atoms with Crippen molar-refractivity contribution in [2.45, 2.75) is 33.2 Å². The predicted molar refractivity (Wildman–Crippen MR) is 75.9 cm³/mol. The number of rotatable bonds is 6. The van der Waals surface area contributed by atoms with Crippen molar-refractivity contribution in [3.63, 3.8) is 0 Å². The molecule has 0 saturated carbocycles. The van der Waals surface area contributed by atoms with Crippen LogP contribution < -0.4 is 5.32 Å². The normalized spacial score (nSPS) is 11.8. The maximum absolute atomic E-state index is 12.7. The van der Waals surface area contributed by atoms with Crippen LogP contribution >= 0.6 is 0 Å². The van der Waals surface area contributed by atoms with Gasteiger partial charge in [-0.2, -0.15) is 0 Å². The number of amides is 2. The van der Waals surface area contributed by atoms with Gasteiger partial charge in [-0.15, -0.1) is 0 Å². The molecule has 1 aromatic carbocycles. The second-order valence-corrected chi connectivity index (χ2v) is 4.73. The molecule has 1 unspecified atom stereocenters. The van der Waals surface area contributed by atoms with Crippen molar-refractivity contribution in [3.8, 4) is 0 Å². The molecule has 0 fully saturated rings. The summed E-state index contributed by atoms with van der Waals surface area (Å²) >= 11 is 0. The molecule has 1 atom stereocenters. The Labute approximate surface area is 119 Å². The summed E-state index contributed by atoms with van der Waals surface area (Å²) in [6, 6.07) is 5.51. The highest BCUT2D eigenvalue weighted by Crippen LogP contribution is 2.04. The van der Waals surface area contributed by atoms with E-state index in [0.29, 0.717) is 18.7 Å². The van der Waals surface area contributed by atoms with Gasteiger partial charge in [0, 0.05) is 31.6 Å². The summed E-state index contributed by atoms with van der Waals surface area (Å²) in [7, 11) is 0. The second kappa shape index (κ2) is 7.62. The van der Waals surface area contributed by atoms with E-state index in [4.69, 9.17) is 0 Å². The molecular formula is C15H21FN2O2. The number of carbonyl (C=O) groups is 2. The van der Waals surface area contributed by atoms with Crippen LogP contribution in [0.1, 0.15) is 37.6 Å². The van der Waals surface area contributed by atoms with Crippen LogP contribution in [0.2, 0.25) is 0 Å². The van der Waals surface area contributed by atoms with Gasteiger partial charge in [0.1, 0.15) is 5.82 Å². The summed E-state index contributed by atoms with van der Waals surface area (Å²) in [5, 5.41) is 2.73. The molecule has 0 aliphatic heterocycles. The maximum atomic E-state index is 12.7. The van der Waals surface area contributed by atoms with Gasteiger partial charge in [-0.25, -0.2) is 4.39 Å². The first-order valence-corrected chi connectivity index (χ1v) is 6.76. The van der Waals surface area contributed by atoms with Gasteiger partial charge in [0.05, 0.1) is 0 Å². The Bertz CT molecular complexity index is 459. The summed E-state index contributed by atoms with van der Waals surface area (Å²) in [6.07, 6.45) is 0.867. The van der Waals surface area contributed by atoms with Crippen molar-refractivity contribution in [2.24, 2.45) is 0 Å². The van der Waals surface area contributed by atoms with Gasteiger partial charge in [-0.05, 0) is 37.6 Å². The monoisotopic (exact) mass is 280 g/mol. The third kappa shape index (κ3) is 4.64. The summed E-state index contributed by atoms with van der Waals surface area (Å²) in [4.78, 5) is 25.0. The minimum absolute atomic E-state index is 0.00428. The van der Waals surface area contributed by atoms with E-state index in [2.05, 4.69) is 5.32 Å². The minimum atomic E-state index is -0.374. The predicted octanol–water partition coefficient (Wildman–Crippen LogP) is 2.20. The van der Waals surface area contributed by atoms with E-state index in [9.17, 15) is 14.0 Å². The van der Waals surface area contributed by atoms with Crippen molar-refractivity contribution < 1.29 is 14.0 Å². The van der Waals surface area contributed by atoms with Gasteiger partial charge in [0.2, 0.25) is 5.91 Å². The molecule has 4 nitrogen and oxygen atoms in total. The number of hydrogen-bond acceptors (Lipinski definition) is 2. The average Bonchev–Trinajstić information content (AvgIpc) is 2.43. The molecule has 1 aromatic rings. The van der Waals surface area contributed by atoms with Gasteiger partial charge in [-0.3, -0.25) is 9.59 Å². The van der Waals surface area contributed by atoms with Gasteiger partial charge in [-0.1, -0.05) is 6.92 Å². The fraction of sp³-hybridized carbons (Fsp3) is 0.467. The van der Waals surface area contributed by atoms with Crippen LogP contribution in [0.15, 0.2) is 24.3 Å². The molecule has 20 heavy (non-hydrogen) atoms. The molecule has 0 spiro atoms. The standard InChI is InChI=1S/C15H21FN2O2/c1-4-11(2)18(12(3)19)10-9-17-15(20)13-5-7-14(16)8-6-13/h5-8,11H,4,9-10H2,1-3H3,(H,17,20). The van der Waals surface area contributed by atoms with Crippen LogP contribution in [0.25, 0.3) is 0 Å². The lowest BCUT2D eigenvalue weighted by Crippen LogP contribution is -2.42. The third-order valence-corrected chi connectivity index (χ3v) is 3.27. The highest BCUT2D eigenvalue weighted by atomic mass is 19.1. The van der Waals surface area contributed by atoms with E-state index in [0.717, 1.165) is 6.42 Å². The molecule has 0 bridgehead atoms. The molecular weight excluding hydrogens is 259 g/mol. The van der Waals surface area contributed by atoms with E-state index < -0.39 is 0 Å². The molecule has 0 aliphatic carbocycles. The highest BCUT2D eigenvalue weighted by Gasteiger charge is 2.15. The summed E-state index contributed by atoms with van der Waals surface area (Å²) < 4.78 is 12.7. The first-order valence-electron chi connectivity index (χ1n) is 6.76. The zero-order valence-corrected chi connectivity index (χ0v) is 12.1. The Morgan fingerprint density at radius 3 is 2.40 bits per heavy atom. The molecule has 1 N–H and O–H groups in total. The number of nitrogens with zero attached hydrogens (tertiary/aromatic N) is 1. The van der Waals surface area contributed by atoms with Crippen LogP contribution in [-0.2, 0) is 4.79 Å². The van der Waals surface area contributed by atoms with Crippen molar-refractivity contribution in [1.29, 1.82) is 0 Å². The topological polar surface area (TPSA) is 49.4 Å². The quantitative estimate of drug-likeness (QED) is 0.868. The second-order valence-electron chi connectivity index (χ2n) is 4.73. The zero-order valence-electron chi connectivity index (χ0n) is 12.1. The largest absolute Gasteiger partial charge is 0.350 e.